The van der Waals surface area contributed by atoms with Crippen molar-refractivity contribution in [2.45, 2.75) is 32.7 Å². The molecule has 0 radical (unpaired) electrons. The minimum absolute atomic E-state index is 0.0416. The highest BCUT2D eigenvalue weighted by atomic mass is 35.5. The fourth-order valence-corrected chi connectivity index (χ4v) is 3.47. The summed E-state index contributed by atoms with van der Waals surface area (Å²) >= 11 is 12.1. The Bertz CT molecular complexity index is 1150. The lowest BCUT2D eigenvalue weighted by atomic mass is 10.1. The standard InChI is InChI=1S/C21H21Cl2FN4O3/c1-11-14(10-28(27-11)21(2,3)20(29)30)12-8-17(19(25)26-9-12)31-7-6-13-15(22)4-5-16(24)18(13)23/h4-5,8-10H,6-7H2,1-3H3,(H2,25,26)(H,29,30). The second-order valence-corrected chi connectivity index (χ2v) is 8.25. The summed E-state index contributed by atoms with van der Waals surface area (Å²) in [6.45, 7) is 5.03. The van der Waals surface area contributed by atoms with Crippen LogP contribution in [0.3, 0.4) is 0 Å². The molecule has 0 saturated heterocycles. The van der Waals surface area contributed by atoms with E-state index in [1.54, 1.807) is 39.2 Å². The first-order valence-electron chi connectivity index (χ1n) is 9.33. The molecule has 0 aliphatic carbocycles. The van der Waals surface area contributed by atoms with Crippen LogP contribution in [0.2, 0.25) is 10.0 Å². The Morgan fingerprint density at radius 2 is 2.06 bits per heavy atom. The number of carbonyl (C=O) groups is 1. The van der Waals surface area contributed by atoms with Gasteiger partial charge in [0.25, 0.3) is 0 Å². The molecule has 31 heavy (non-hydrogen) atoms. The van der Waals surface area contributed by atoms with Crippen molar-refractivity contribution in [3.63, 3.8) is 0 Å². The third-order valence-electron chi connectivity index (χ3n) is 4.94. The number of nitrogens with two attached hydrogens (primary N) is 1. The highest BCUT2D eigenvalue weighted by Crippen LogP contribution is 2.31. The molecule has 0 unspecified atom stereocenters. The Hall–Kier alpha value is -2.84. The predicted octanol–water partition coefficient (Wildman–Crippen LogP) is 4.72. The number of hydrogen-bond donors (Lipinski definition) is 2. The lowest BCUT2D eigenvalue weighted by Gasteiger charge is -2.19. The first-order chi connectivity index (χ1) is 14.5. The van der Waals surface area contributed by atoms with Crippen molar-refractivity contribution in [2.75, 3.05) is 12.3 Å². The fourth-order valence-electron chi connectivity index (χ4n) is 2.91. The van der Waals surface area contributed by atoms with E-state index in [0.717, 1.165) is 0 Å². The average molecular weight is 467 g/mol. The molecule has 0 aliphatic rings. The van der Waals surface area contributed by atoms with Crippen LogP contribution in [0, 0.1) is 12.7 Å². The topological polar surface area (TPSA) is 103 Å². The zero-order chi connectivity index (χ0) is 22.9. The molecule has 0 saturated carbocycles. The van der Waals surface area contributed by atoms with Crippen LogP contribution in [0.4, 0.5) is 10.2 Å². The first-order valence-corrected chi connectivity index (χ1v) is 10.1. The van der Waals surface area contributed by atoms with Gasteiger partial charge in [0.1, 0.15) is 5.82 Å². The van der Waals surface area contributed by atoms with Gasteiger partial charge in [0.15, 0.2) is 17.1 Å². The smallest absolute Gasteiger partial charge is 0.331 e. The maximum absolute atomic E-state index is 13.7. The number of benzene rings is 1. The molecule has 0 fully saturated rings. The van der Waals surface area contributed by atoms with E-state index in [1.165, 1.54) is 16.8 Å². The SMILES string of the molecule is Cc1nn(C(C)(C)C(=O)O)cc1-c1cnc(N)c(OCCc2c(Cl)ccc(F)c2Cl)c1. The maximum atomic E-state index is 13.7. The van der Waals surface area contributed by atoms with Crippen LogP contribution in [0.1, 0.15) is 25.1 Å². The summed E-state index contributed by atoms with van der Waals surface area (Å²) in [6.07, 6.45) is 3.47. The molecule has 1 aromatic carbocycles. The van der Waals surface area contributed by atoms with Crippen molar-refractivity contribution in [3.05, 3.63) is 57.7 Å². The third-order valence-corrected chi connectivity index (χ3v) is 5.70. The van der Waals surface area contributed by atoms with Crippen molar-refractivity contribution < 1.29 is 19.0 Å². The van der Waals surface area contributed by atoms with Gasteiger partial charge < -0.3 is 15.6 Å². The molecule has 2 aromatic heterocycles. The summed E-state index contributed by atoms with van der Waals surface area (Å²) in [5.74, 6) is -1.06. The van der Waals surface area contributed by atoms with E-state index in [0.29, 0.717) is 33.2 Å². The Labute approximate surface area is 188 Å². The van der Waals surface area contributed by atoms with Crippen LogP contribution in [-0.2, 0) is 16.8 Å². The molecule has 10 heteroatoms. The number of aryl methyl sites for hydroxylation is 1. The van der Waals surface area contributed by atoms with Crippen molar-refractivity contribution in [1.82, 2.24) is 14.8 Å². The van der Waals surface area contributed by atoms with Crippen molar-refractivity contribution in [2.24, 2.45) is 0 Å². The zero-order valence-corrected chi connectivity index (χ0v) is 18.6. The number of nitrogen functional groups attached to an aromatic ring is 1. The number of hydrogen-bond acceptors (Lipinski definition) is 5. The van der Waals surface area contributed by atoms with Gasteiger partial charge in [-0.05, 0) is 44.5 Å². The summed E-state index contributed by atoms with van der Waals surface area (Å²) < 4.78 is 20.8. The normalized spacial score (nSPS) is 11.5. The summed E-state index contributed by atoms with van der Waals surface area (Å²) in [4.78, 5) is 15.7. The van der Waals surface area contributed by atoms with E-state index in [2.05, 4.69) is 10.1 Å². The summed E-state index contributed by atoms with van der Waals surface area (Å²) in [5, 5.41) is 14.1. The van der Waals surface area contributed by atoms with Gasteiger partial charge in [0, 0.05) is 35.0 Å². The summed E-state index contributed by atoms with van der Waals surface area (Å²) in [7, 11) is 0. The molecule has 0 aliphatic heterocycles. The minimum Gasteiger partial charge on any atom is -0.489 e. The fraction of sp³-hybridized carbons (Fsp3) is 0.286. The largest absolute Gasteiger partial charge is 0.489 e. The van der Waals surface area contributed by atoms with Crippen LogP contribution < -0.4 is 10.5 Å². The summed E-state index contributed by atoms with van der Waals surface area (Å²) in [6, 6.07) is 4.33. The molecule has 0 amide bonds. The van der Waals surface area contributed by atoms with E-state index >= 15 is 0 Å². The molecular formula is C21H21Cl2FN4O3. The predicted molar refractivity (Wildman–Crippen MR) is 117 cm³/mol. The average Bonchev–Trinajstić information content (AvgIpc) is 3.11. The zero-order valence-electron chi connectivity index (χ0n) is 17.1. The molecule has 3 N–H and O–H groups in total. The van der Waals surface area contributed by atoms with Crippen LogP contribution in [0.5, 0.6) is 5.75 Å². The number of carboxylic acids is 1. The maximum Gasteiger partial charge on any atom is 0.331 e. The van der Waals surface area contributed by atoms with Gasteiger partial charge >= 0.3 is 5.97 Å². The first kappa shape index (κ1) is 22.8. The Kier molecular flexibility index (Phi) is 6.43. The number of halogens is 3. The highest BCUT2D eigenvalue weighted by Gasteiger charge is 2.31. The summed E-state index contributed by atoms with van der Waals surface area (Å²) in [5.41, 5.74) is 7.15. The minimum atomic E-state index is -1.22. The van der Waals surface area contributed by atoms with E-state index in [-0.39, 0.29) is 23.9 Å². The van der Waals surface area contributed by atoms with E-state index in [9.17, 15) is 14.3 Å². The van der Waals surface area contributed by atoms with Gasteiger partial charge in [-0.1, -0.05) is 23.2 Å². The molecule has 0 atom stereocenters. The molecule has 7 nitrogen and oxygen atoms in total. The number of carboxylic acid groups (broad SMARTS) is 1. The second kappa shape index (κ2) is 8.72. The lowest BCUT2D eigenvalue weighted by molar-refractivity contribution is -0.146. The van der Waals surface area contributed by atoms with E-state index in [1.807, 2.05) is 0 Å². The molecule has 2 heterocycles. The van der Waals surface area contributed by atoms with Crippen molar-refractivity contribution in [3.8, 4) is 16.9 Å². The number of pyridine rings is 1. The number of nitrogens with zero attached hydrogens (tertiary/aromatic N) is 3. The second-order valence-electron chi connectivity index (χ2n) is 7.46. The quantitative estimate of drug-likeness (QED) is 0.488. The number of rotatable bonds is 7. The van der Waals surface area contributed by atoms with Gasteiger partial charge in [0.2, 0.25) is 0 Å². The Balaban J connectivity index is 1.83. The number of ether oxygens (including phenoxy) is 1. The van der Waals surface area contributed by atoms with Crippen LogP contribution in [-0.4, -0.2) is 32.4 Å². The van der Waals surface area contributed by atoms with Crippen LogP contribution in [0.15, 0.2) is 30.6 Å². The third kappa shape index (κ3) is 4.60. The highest BCUT2D eigenvalue weighted by molar-refractivity contribution is 6.36. The number of anilines is 1. The van der Waals surface area contributed by atoms with Crippen molar-refractivity contribution >= 4 is 35.0 Å². The molecular weight excluding hydrogens is 446 g/mol. The van der Waals surface area contributed by atoms with E-state index in [4.69, 9.17) is 33.7 Å². The monoisotopic (exact) mass is 466 g/mol. The lowest BCUT2D eigenvalue weighted by Crippen LogP contribution is -2.36. The van der Waals surface area contributed by atoms with Crippen LogP contribution in [0.25, 0.3) is 11.1 Å². The van der Waals surface area contributed by atoms with Gasteiger partial charge in [-0.2, -0.15) is 5.10 Å². The van der Waals surface area contributed by atoms with Gasteiger partial charge in [-0.15, -0.1) is 0 Å². The van der Waals surface area contributed by atoms with Gasteiger partial charge in [-0.25, -0.2) is 14.2 Å². The number of aromatic nitrogens is 3. The van der Waals surface area contributed by atoms with Crippen molar-refractivity contribution in [1.29, 1.82) is 0 Å². The van der Waals surface area contributed by atoms with Gasteiger partial charge in [0.05, 0.1) is 17.3 Å². The molecule has 0 spiro atoms. The molecule has 164 valence electrons. The van der Waals surface area contributed by atoms with Crippen LogP contribution >= 0.6 is 23.2 Å². The number of aliphatic carboxylic acids is 1. The Morgan fingerprint density at radius 3 is 2.74 bits per heavy atom. The molecule has 0 bridgehead atoms. The van der Waals surface area contributed by atoms with Gasteiger partial charge in [-0.3, -0.25) is 4.68 Å². The molecule has 3 aromatic rings. The molecule has 3 rings (SSSR count). The van der Waals surface area contributed by atoms with E-state index < -0.39 is 17.3 Å². The Morgan fingerprint density at radius 1 is 1.35 bits per heavy atom.